The summed E-state index contributed by atoms with van der Waals surface area (Å²) >= 11 is 0. The van der Waals surface area contributed by atoms with E-state index in [1.165, 1.54) is 0 Å². The van der Waals surface area contributed by atoms with Crippen molar-refractivity contribution in [3.63, 3.8) is 0 Å². The van der Waals surface area contributed by atoms with Gasteiger partial charge in [-0.15, -0.1) is 0 Å². The number of benzene rings is 1. The van der Waals surface area contributed by atoms with Crippen molar-refractivity contribution in [1.29, 1.82) is 0 Å². The maximum atomic E-state index is 12.4. The van der Waals surface area contributed by atoms with Crippen LogP contribution in [0.4, 0.5) is 4.79 Å². The Morgan fingerprint density at radius 3 is 3.19 bits per heavy atom. The van der Waals surface area contributed by atoms with Crippen LogP contribution in [0.25, 0.3) is 0 Å². The molecular weight excluding hydrogens is 268 g/mol. The number of ether oxygens (including phenoxy) is 2. The SMILES string of the molecule is [2H]C([2H])([2H])OC[C@@]12CC[C@@H](CN(C(=O)OCc3ccccc3)C1)N2. The lowest BCUT2D eigenvalue weighted by Crippen LogP contribution is -2.62. The minimum Gasteiger partial charge on any atom is -0.445 e. The monoisotopic (exact) mass is 293 g/mol. The largest absolute Gasteiger partial charge is 0.445 e. The Bertz CT molecular complexity index is 582. The third kappa shape index (κ3) is 3.19. The Balaban J connectivity index is 1.57. The number of nitrogens with zero attached hydrogens (tertiary/aromatic N) is 1. The highest BCUT2D eigenvalue weighted by atomic mass is 16.6. The molecule has 2 heterocycles. The number of piperazine rings is 1. The first-order valence-corrected chi connectivity index (χ1v) is 7.23. The van der Waals surface area contributed by atoms with Crippen molar-refractivity contribution in [2.24, 2.45) is 0 Å². The standard InChI is InChI=1S/C16H22N2O3/c1-20-12-16-8-7-14(17-16)9-18(11-16)15(19)21-10-13-5-3-2-4-6-13/h2-6,14,17H,7-12H2,1H3/t14-,16+/m0/s1/i1D3. The zero-order valence-corrected chi connectivity index (χ0v) is 11.9. The highest BCUT2D eigenvalue weighted by molar-refractivity contribution is 5.68. The van der Waals surface area contributed by atoms with Crippen molar-refractivity contribution in [3.8, 4) is 0 Å². The van der Waals surface area contributed by atoms with Gasteiger partial charge in [0.25, 0.3) is 0 Å². The third-order valence-corrected chi connectivity index (χ3v) is 4.23. The molecule has 0 radical (unpaired) electrons. The van der Waals surface area contributed by atoms with E-state index in [1.807, 2.05) is 30.3 Å². The topological polar surface area (TPSA) is 50.8 Å². The lowest BCUT2D eigenvalue weighted by molar-refractivity contribution is 0.0431. The van der Waals surface area contributed by atoms with Crippen LogP contribution >= 0.6 is 0 Å². The Morgan fingerprint density at radius 1 is 1.52 bits per heavy atom. The van der Waals surface area contributed by atoms with E-state index in [9.17, 15) is 4.79 Å². The summed E-state index contributed by atoms with van der Waals surface area (Å²) in [7, 11) is -2.43. The Labute approximate surface area is 129 Å². The quantitative estimate of drug-likeness (QED) is 0.919. The molecule has 2 fully saturated rings. The molecular formula is C16H22N2O3. The van der Waals surface area contributed by atoms with Crippen molar-refractivity contribution in [2.45, 2.75) is 31.0 Å². The number of hydrogen-bond acceptors (Lipinski definition) is 4. The van der Waals surface area contributed by atoms with Gasteiger partial charge in [0.05, 0.1) is 16.3 Å². The summed E-state index contributed by atoms with van der Waals surface area (Å²) in [4.78, 5) is 14.0. The van der Waals surface area contributed by atoms with Gasteiger partial charge in [-0.1, -0.05) is 30.3 Å². The molecule has 2 aliphatic rings. The number of likely N-dealkylation sites (tertiary alicyclic amines) is 1. The van der Waals surface area contributed by atoms with E-state index >= 15 is 0 Å². The summed E-state index contributed by atoms with van der Waals surface area (Å²) < 4.78 is 32.0. The lowest BCUT2D eigenvalue weighted by atomic mass is 9.98. The molecule has 0 aromatic heterocycles. The van der Waals surface area contributed by atoms with Gasteiger partial charge < -0.3 is 19.7 Å². The molecule has 2 saturated heterocycles. The molecule has 0 unspecified atom stereocenters. The van der Waals surface area contributed by atoms with E-state index in [4.69, 9.17) is 13.6 Å². The fourth-order valence-corrected chi connectivity index (χ4v) is 3.23. The van der Waals surface area contributed by atoms with Gasteiger partial charge in [-0.25, -0.2) is 4.79 Å². The highest BCUT2D eigenvalue weighted by Gasteiger charge is 2.46. The van der Waals surface area contributed by atoms with Crippen LogP contribution in [0.1, 0.15) is 22.5 Å². The fraction of sp³-hybridized carbons (Fsp3) is 0.562. The van der Waals surface area contributed by atoms with E-state index in [0.717, 1.165) is 18.4 Å². The maximum Gasteiger partial charge on any atom is 0.410 e. The molecule has 21 heavy (non-hydrogen) atoms. The predicted molar refractivity (Wildman–Crippen MR) is 79.0 cm³/mol. The molecule has 1 amide bonds. The number of fused-ring (bicyclic) bond motifs is 2. The van der Waals surface area contributed by atoms with E-state index in [0.29, 0.717) is 13.1 Å². The second-order valence-corrected chi connectivity index (χ2v) is 5.87. The fourth-order valence-electron chi connectivity index (χ4n) is 3.23. The van der Waals surface area contributed by atoms with Gasteiger partial charge in [0.15, 0.2) is 0 Å². The van der Waals surface area contributed by atoms with Crippen LogP contribution in [-0.4, -0.2) is 49.3 Å². The number of carbonyl (C=O) groups excluding carboxylic acids is 1. The molecule has 1 N–H and O–H groups in total. The summed E-state index contributed by atoms with van der Waals surface area (Å²) in [5.74, 6) is 0. The van der Waals surface area contributed by atoms with E-state index in [2.05, 4.69) is 5.32 Å². The second-order valence-electron chi connectivity index (χ2n) is 5.87. The summed E-state index contributed by atoms with van der Waals surface area (Å²) in [6.45, 7) is 1.26. The Hall–Kier alpha value is -1.59. The molecule has 0 aliphatic carbocycles. The molecule has 1 aromatic carbocycles. The highest BCUT2D eigenvalue weighted by Crippen LogP contribution is 2.30. The molecule has 2 aliphatic heterocycles. The molecule has 1 aromatic rings. The van der Waals surface area contributed by atoms with Crippen molar-refractivity contribution in [1.82, 2.24) is 10.2 Å². The van der Waals surface area contributed by atoms with Crippen molar-refractivity contribution < 1.29 is 18.4 Å². The van der Waals surface area contributed by atoms with E-state index < -0.39 is 12.6 Å². The van der Waals surface area contributed by atoms with Crippen LogP contribution in [0, 0.1) is 0 Å². The normalized spacial score (nSPS) is 30.4. The number of nitrogens with one attached hydrogen (secondary N) is 1. The number of amides is 1. The number of methoxy groups -OCH3 is 1. The third-order valence-electron chi connectivity index (χ3n) is 4.23. The van der Waals surface area contributed by atoms with Crippen LogP contribution in [0.2, 0.25) is 0 Å². The predicted octanol–water partition coefficient (Wildman–Crippen LogP) is 1.78. The van der Waals surface area contributed by atoms with Crippen LogP contribution in [-0.2, 0) is 16.1 Å². The van der Waals surface area contributed by atoms with Crippen molar-refractivity contribution >= 4 is 6.09 Å². The summed E-state index contributed by atoms with van der Waals surface area (Å²) in [6, 6.07) is 9.67. The molecule has 3 rings (SSSR count). The van der Waals surface area contributed by atoms with Gasteiger partial charge in [-0.05, 0) is 18.4 Å². The first kappa shape index (κ1) is 11.0. The maximum absolute atomic E-state index is 12.4. The van der Waals surface area contributed by atoms with Gasteiger partial charge in [-0.3, -0.25) is 0 Å². The lowest BCUT2D eigenvalue weighted by Gasteiger charge is -2.40. The first-order chi connectivity index (χ1) is 11.4. The van der Waals surface area contributed by atoms with Crippen LogP contribution < -0.4 is 5.32 Å². The zero-order chi connectivity index (χ0) is 17.2. The number of rotatable bonds is 4. The zero-order valence-electron chi connectivity index (χ0n) is 14.9. The molecule has 5 heteroatoms. The van der Waals surface area contributed by atoms with E-state index in [-0.39, 0.29) is 25.3 Å². The number of hydrogen-bond donors (Lipinski definition) is 1. The molecule has 5 nitrogen and oxygen atoms in total. The van der Waals surface area contributed by atoms with Crippen LogP contribution in [0.3, 0.4) is 0 Å². The number of carbonyl (C=O) groups is 1. The minimum absolute atomic E-state index is 0.0580. The molecule has 0 spiro atoms. The van der Waals surface area contributed by atoms with Crippen LogP contribution in [0.15, 0.2) is 30.3 Å². The first-order valence-electron chi connectivity index (χ1n) is 8.73. The smallest absolute Gasteiger partial charge is 0.410 e. The molecule has 0 saturated carbocycles. The second kappa shape index (κ2) is 6.03. The molecule has 2 bridgehead atoms. The van der Waals surface area contributed by atoms with Gasteiger partial charge in [-0.2, -0.15) is 0 Å². The van der Waals surface area contributed by atoms with Crippen molar-refractivity contribution in [2.75, 3.05) is 26.7 Å². The summed E-state index contributed by atoms with van der Waals surface area (Å²) in [5, 5.41) is 3.41. The Morgan fingerprint density at radius 2 is 2.38 bits per heavy atom. The van der Waals surface area contributed by atoms with Crippen molar-refractivity contribution in [3.05, 3.63) is 35.9 Å². The van der Waals surface area contributed by atoms with Gasteiger partial charge >= 0.3 is 6.09 Å². The average Bonchev–Trinajstić information content (AvgIpc) is 2.86. The van der Waals surface area contributed by atoms with Gasteiger partial charge in [0.2, 0.25) is 0 Å². The van der Waals surface area contributed by atoms with Gasteiger partial charge in [0.1, 0.15) is 6.61 Å². The van der Waals surface area contributed by atoms with Crippen LogP contribution in [0.5, 0.6) is 0 Å². The average molecular weight is 293 g/mol. The molecule has 2 atom stereocenters. The van der Waals surface area contributed by atoms with E-state index in [1.54, 1.807) is 4.90 Å². The minimum atomic E-state index is -2.43. The molecule has 114 valence electrons. The summed E-state index contributed by atoms with van der Waals surface area (Å²) in [6.07, 6.45) is 1.31. The summed E-state index contributed by atoms with van der Waals surface area (Å²) in [5.41, 5.74) is 0.438. The Kier molecular flexibility index (Phi) is 3.17. The van der Waals surface area contributed by atoms with Gasteiger partial charge in [0, 0.05) is 26.2 Å².